The molecule has 3 nitrogen and oxygen atoms in total. The zero-order valence-corrected chi connectivity index (χ0v) is 4.31. The van der Waals surface area contributed by atoms with Crippen LogP contribution in [-0.4, -0.2) is 25.4 Å². The fraction of sp³-hybridized carbons (Fsp3) is 0.750. The van der Waals surface area contributed by atoms with Gasteiger partial charge in [0.05, 0.1) is 6.73 Å². The van der Waals surface area contributed by atoms with E-state index in [-0.39, 0.29) is 6.73 Å². The van der Waals surface area contributed by atoms with Crippen LogP contribution in [0.25, 0.3) is 4.85 Å². The second kappa shape index (κ2) is 5.41. The fourth-order valence-electron chi connectivity index (χ4n) is 0.191. The van der Waals surface area contributed by atoms with Gasteiger partial charge < -0.3 is 5.11 Å². The highest BCUT2D eigenvalue weighted by atomic mass is 16.3. The van der Waals surface area contributed by atoms with Crippen molar-refractivity contribution >= 4 is 0 Å². The fourth-order valence-corrected chi connectivity index (χ4v) is 0.191. The van der Waals surface area contributed by atoms with Crippen molar-refractivity contribution in [2.45, 2.75) is 0 Å². The van der Waals surface area contributed by atoms with Gasteiger partial charge in [-0.15, -0.1) is 0 Å². The van der Waals surface area contributed by atoms with Crippen molar-refractivity contribution in [1.29, 1.82) is 0 Å². The summed E-state index contributed by atoms with van der Waals surface area (Å²) in [7, 11) is 1.64. The predicted molar refractivity (Wildman–Crippen MR) is 28.3 cm³/mol. The highest BCUT2D eigenvalue weighted by Crippen LogP contribution is 1.52. The summed E-state index contributed by atoms with van der Waals surface area (Å²) < 4.78 is 0. The average Bonchev–Trinajstić information content (AvgIpc) is 1.69. The molecule has 0 saturated heterocycles. The monoisotopic (exact) mass is 101 g/mol. The van der Waals surface area contributed by atoms with Gasteiger partial charge in [-0.25, -0.2) is 0 Å². The molecule has 0 aliphatic carbocycles. The highest BCUT2D eigenvalue weighted by molar-refractivity contribution is 4.84. The largest absolute Gasteiger partial charge is 0.381 e. The lowest BCUT2D eigenvalue weighted by Crippen LogP contribution is -2.13. The van der Waals surface area contributed by atoms with Gasteiger partial charge in [0.25, 0.3) is 13.1 Å². The first-order valence-corrected chi connectivity index (χ1v) is 2.05. The summed E-state index contributed by atoms with van der Waals surface area (Å²) in [6.45, 7) is 0.509. The third-order valence-corrected chi connectivity index (χ3v) is 0.474. The van der Waals surface area contributed by atoms with Crippen LogP contribution in [0.4, 0.5) is 0 Å². The minimum atomic E-state index is -0.0114. The third-order valence-electron chi connectivity index (χ3n) is 0.474. The average molecular weight is 101 g/mol. The molecule has 0 saturated carbocycles. The number of hydrogen-bond acceptors (Lipinski definition) is 2. The van der Waals surface area contributed by atoms with Gasteiger partial charge in [0, 0.05) is 0 Å². The van der Waals surface area contributed by atoms with Crippen molar-refractivity contribution in [1.82, 2.24) is 5.32 Å². The number of rotatable bonds is 2. The second-order valence-corrected chi connectivity index (χ2v) is 0.967. The lowest BCUT2D eigenvalue weighted by Gasteiger charge is -1.81. The lowest BCUT2D eigenvalue weighted by atomic mass is 10.7. The van der Waals surface area contributed by atoms with Crippen LogP contribution in [0.5, 0.6) is 0 Å². The third kappa shape index (κ3) is 5.41. The minimum absolute atomic E-state index is 0.0114. The van der Waals surface area contributed by atoms with E-state index in [0.717, 1.165) is 0 Å². The van der Waals surface area contributed by atoms with Gasteiger partial charge in [0.1, 0.15) is 6.54 Å². The first-order chi connectivity index (χ1) is 3.41. The smallest absolute Gasteiger partial charge is 0.288 e. The summed E-state index contributed by atoms with van der Waals surface area (Å²) in [5.41, 5.74) is 0. The molecule has 0 radical (unpaired) electrons. The van der Waals surface area contributed by atoms with Gasteiger partial charge >= 0.3 is 0 Å². The molecule has 7 heavy (non-hydrogen) atoms. The van der Waals surface area contributed by atoms with Crippen molar-refractivity contribution < 1.29 is 5.11 Å². The standard InChI is InChI=1S/C4H9N2O/c1-5-2-3-6-4-7/h6-7H,3-4H2,1H3/q+1. The van der Waals surface area contributed by atoms with Crippen molar-refractivity contribution in [3.05, 3.63) is 4.85 Å². The Morgan fingerprint density at radius 3 is 3.00 bits per heavy atom. The molecule has 3 heteroatoms. The van der Waals surface area contributed by atoms with E-state index in [1.165, 1.54) is 0 Å². The first-order valence-electron chi connectivity index (χ1n) is 2.05. The van der Waals surface area contributed by atoms with Crippen LogP contribution in [-0.2, 0) is 0 Å². The molecule has 0 aliphatic rings. The molecule has 0 amide bonds. The van der Waals surface area contributed by atoms with E-state index in [4.69, 9.17) is 5.11 Å². The Morgan fingerprint density at radius 2 is 2.57 bits per heavy atom. The Bertz CT molecular complexity index is 81.4. The van der Waals surface area contributed by atoms with Crippen LogP contribution in [0.2, 0.25) is 0 Å². The maximum atomic E-state index is 8.10. The maximum absolute atomic E-state index is 8.10. The van der Waals surface area contributed by atoms with Crippen LogP contribution in [0.15, 0.2) is 0 Å². The molecule has 0 aromatic carbocycles. The zero-order chi connectivity index (χ0) is 5.54. The Labute approximate surface area is 42.8 Å². The molecule has 0 fully saturated rings. The number of aliphatic hydroxyl groups is 1. The van der Waals surface area contributed by atoms with Gasteiger partial charge in [-0.3, -0.25) is 5.32 Å². The van der Waals surface area contributed by atoms with E-state index in [0.29, 0.717) is 6.54 Å². The summed E-state index contributed by atoms with van der Waals surface area (Å²) in [4.78, 5) is 3.55. The molecular formula is C4H9N2O+. The molecule has 0 rings (SSSR count). The van der Waals surface area contributed by atoms with E-state index >= 15 is 0 Å². The second-order valence-electron chi connectivity index (χ2n) is 0.967. The van der Waals surface area contributed by atoms with E-state index in [1.807, 2.05) is 0 Å². The quantitative estimate of drug-likeness (QED) is 0.279. The predicted octanol–water partition coefficient (Wildman–Crippen LogP) is -0.511. The first kappa shape index (κ1) is 6.41. The molecule has 0 unspecified atom stereocenters. The summed E-state index contributed by atoms with van der Waals surface area (Å²) in [6.07, 6.45) is 0. The summed E-state index contributed by atoms with van der Waals surface area (Å²) in [6, 6.07) is 2.60. The van der Waals surface area contributed by atoms with Crippen molar-refractivity contribution in [3.63, 3.8) is 0 Å². The summed E-state index contributed by atoms with van der Waals surface area (Å²) in [5, 5.41) is 10.7. The Kier molecular flexibility index (Phi) is 4.95. The van der Waals surface area contributed by atoms with Gasteiger partial charge in [-0.05, 0) is 0 Å². The number of aliphatic hydroxyl groups excluding tert-OH is 1. The van der Waals surface area contributed by atoms with Gasteiger partial charge in [0.15, 0.2) is 0 Å². The van der Waals surface area contributed by atoms with Crippen LogP contribution in [0.1, 0.15) is 0 Å². The molecule has 40 valence electrons. The maximum Gasteiger partial charge on any atom is 0.288 e. The molecule has 0 atom stereocenters. The van der Waals surface area contributed by atoms with Gasteiger partial charge in [0.2, 0.25) is 0 Å². The molecule has 0 spiro atoms. The Balaban J connectivity index is 2.78. The molecule has 0 aliphatic heterocycles. The van der Waals surface area contributed by atoms with Crippen LogP contribution < -0.4 is 5.32 Å². The molecule has 2 N–H and O–H groups in total. The molecule has 0 aromatic rings. The highest BCUT2D eigenvalue weighted by Gasteiger charge is 1.78. The number of nitrogens with one attached hydrogen (secondary N) is 1. The topological polar surface area (TPSA) is 36.6 Å². The Hall–Kier alpha value is -0.590. The lowest BCUT2D eigenvalue weighted by molar-refractivity contribution is 0.268. The van der Waals surface area contributed by atoms with Crippen LogP contribution in [0, 0.1) is 6.07 Å². The van der Waals surface area contributed by atoms with E-state index in [2.05, 4.69) is 16.2 Å². The molecule has 0 heterocycles. The van der Waals surface area contributed by atoms with E-state index in [1.54, 1.807) is 7.05 Å². The van der Waals surface area contributed by atoms with Crippen LogP contribution in [0.3, 0.4) is 0 Å². The van der Waals surface area contributed by atoms with E-state index in [9.17, 15) is 0 Å². The molecule has 0 aromatic heterocycles. The zero-order valence-electron chi connectivity index (χ0n) is 4.31. The van der Waals surface area contributed by atoms with Crippen LogP contribution >= 0.6 is 0 Å². The minimum Gasteiger partial charge on any atom is -0.381 e. The van der Waals surface area contributed by atoms with Gasteiger partial charge in [-0.1, -0.05) is 4.85 Å². The normalized spacial score (nSPS) is 7.14. The summed E-state index contributed by atoms with van der Waals surface area (Å²) in [5.74, 6) is 0. The van der Waals surface area contributed by atoms with Crippen molar-refractivity contribution in [3.8, 4) is 6.07 Å². The number of nitrogens with zero attached hydrogens (tertiary/aromatic N) is 1. The molecular weight excluding hydrogens is 92.1 g/mol. The molecule has 0 bridgehead atoms. The summed E-state index contributed by atoms with van der Waals surface area (Å²) >= 11 is 0. The number of hydrogen-bond donors (Lipinski definition) is 2. The van der Waals surface area contributed by atoms with Gasteiger partial charge in [-0.2, -0.15) is 0 Å². The SMILES string of the molecule is C[N+]#CCNCO. The Morgan fingerprint density at radius 1 is 1.86 bits per heavy atom. The van der Waals surface area contributed by atoms with Crippen molar-refractivity contribution in [2.24, 2.45) is 0 Å². The van der Waals surface area contributed by atoms with E-state index < -0.39 is 0 Å². The van der Waals surface area contributed by atoms with Crippen molar-refractivity contribution in [2.75, 3.05) is 20.3 Å².